The van der Waals surface area contributed by atoms with E-state index in [4.69, 9.17) is 5.73 Å². The van der Waals surface area contributed by atoms with Gasteiger partial charge in [0.05, 0.1) is 6.04 Å². The smallest absolute Gasteiger partial charge is 0.188 e. The van der Waals surface area contributed by atoms with Crippen LogP contribution in [-0.4, -0.2) is 11.8 Å². The summed E-state index contributed by atoms with van der Waals surface area (Å²) in [5.41, 5.74) is 6.82. The lowest BCUT2D eigenvalue weighted by atomic mass is 9.86. The number of ketones is 1. The zero-order valence-electron chi connectivity index (χ0n) is 7.03. The number of hydrogen-bond acceptors (Lipinski definition) is 2. The lowest BCUT2D eigenvalue weighted by Gasteiger charge is -2.22. The predicted molar refractivity (Wildman–Crippen MR) is 47.0 cm³/mol. The maximum Gasteiger partial charge on any atom is 0.188 e. The average molecular weight is 179 g/mol. The summed E-state index contributed by atoms with van der Waals surface area (Å²) in [6.45, 7) is 0. The molecule has 0 saturated heterocycles. The van der Waals surface area contributed by atoms with Crippen LogP contribution < -0.4 is 5.73 Å². The summed E-state index contributed by atoms with van der Waals surface area (Å²) in [7, 11) is 0. The van der Waals surface area contributed by atoms with E-state index in [1.54, 1.807) is 12.1 Å². The summed E-state index contributed by atoms with van der Waals surface area (Å²) in [6.07, 6.45) is -1.07. The highest BCUT2D eigenvalue weighted by Crippen LogP contribution is 2.29. The van der Waals surface area contributed by atoms with Gasteiger partial charge in [0.25, 0.3) is 0 Å². The van der Waals surface area contributed by atoms with E-state index in [1.165, 1.54) is 0 Å². The Balaban J connectivity index is 2.49. The maximum atomic E-state index is 13.4. The molecule has 2 rings (SSSR count). The first-order valence-electron chi connectivity index (χ1n) is 4.21. The van der Waals surface area contributed by atoms with Crippen LogP contribution >= 0.6 is 0 Å². The van der Waals surface area contributed by atoms with Crippen LogP contribution in [0.1, 0.15) is 17.3 Å². The second-order valence-corrected chi connectivity index (χ2v) is 3.27. The molecule has 1 aliphatic carbocycles. The number of alkyl halides is 1. The number of carbonyl (C=O) groups excluding carboxylic acids is 1. The summed E-state index contributed by atoms with van der Waals surface area (Å²) >= 11 is 0. The normalized spacial score (nSPS) is 27.1. The number of Topliss-reactive ketones (excluding diaryl/α,β-unsaturated/α-hetero) is 1. The molecule has 0 heterocycles. The van der Waals surface area contributed by atoms with E-state index in [9.17, 15) is 9.18 Å². The van der Waals surface area contributed by atoms with Crippen LogP contribution in [0.5, 0.6) is 0 Å². The van der Waals surface area contributed by atoms with Crippen LogP contribution in [-0.2, 0) is 11.2 Å². The van der Waals surface area contributed by atoms with E-state index < -0.39 is 18.0 Å². The first-order chi connectivity index (χ1) is 6.20. The number of rotatable bonds is 0. The third-order valence-electron chi connectivity index (χ3n) is 2.38. The third-order valence-corrected chi connectivity index (χ3v) is 2.38. The Morgan fingerprint density at radius 2 is 2.08 bits per heavy atom. The van der Waals surface area contributed by atoms with Crippen LogP contribution in [0.15, 0.2) is 24.3 Å². The largest absolute Gasteiger partial charge is 0.321 e. The van der Waals surface area contributed by atoms with E-state index >= 15 is 0 Å². The fraction of sp³-hybridized carbons (Fsp3) is 0.300. The van der Waals surface area contributed by atoms with Gasteiger partial charge in [0.1, 0.15) is 0 Å². The molecule has 1 aliphatic rings. The topological polar surface area (TPSA) is 43.1 Å². The van der Waals surface area contributed by atoms with Gasteiger partial charge in [-0.2, -0.15) is 0 Å². The van der Waals surface area contributed by atoms with Crippen LogP contribution in [0.25, 0.3) is 0 Å². The van der Waals surface area contributed by atoms with Gasteiger partial charge in [0, 0.05) is 0 Å². The summed E-state index contributed by atoms with van der Waals surface area (Å²) in [5, 5.41) is 0. The molecule has 1 aromatic rings. The van der Waals surface area contributed by atoms with Crippen molar-refractivity contribution >= 4 is 5.78 Å². The monoisotopic (exact) mass is 179 g/mol. The Hall–Kier alpha value is -1.22. The molecule has 0 spiro atoms. The van der Waals surface area contributed by atoms with Crippen molar-refractivity contribution in [1.82, 2.24) is 0 Å². The Kier molecular flexibility index (Phi) is 1.88. The SMILES string of the molecule is N[C@@H]1Cc2ccccc2[C@H](F)C1=O. The second-order valence-electron chi connectivity index (χ2n) is 3.27. The van der Waals surface area contributed by atoms with Crippen molar-refractivity contribution in [3.8, 4) is 0 Å². The van der Waals surface area contributed by atoms with E-state index in [1.807, 2.05) is 12.1 Å². The van der Waals surface area contributed by atoms with Gasteiger partial charge in [-0.3, -0.25) is 4.79 Å². The molecule has 0 fully saturated rings. The fourth-order valence-electron chi connectivity index (χ4n) is 1.65. The van der Waals surface area contributed by atoms with Gasteiger partial charge in [-0.1, -0.05) is 24.3 Å². The van der Waals surface area contributed by atoms with E-state index in [-0.39, 0.29) is 0 Å². The van der Waals surface area contributed by atoms with Gasteiger partial charge in [-0.05, 0) is 17.5 Å². The first-order valence-corrected chi connectivity index (χ1v) is 4.21. The molecule has 2 N–H and O–H groups in total. The highest BCUT2D eigenvalue weighted by atomic mass is 19.1. The zero-order chi connectivity index (χ0) is 9.42. The highest BCUT2D eigenvalue weighted by molar-refractivity contribution is 5.91. The van der Waals surface area contributed by atoms with Crippen LogP contribution in [0, 0.1) is 0 Å². The maximum absolute atomic E-state index is 13.4. The minimum atomic E-state index is -1.53. The quantitative estimate of drug-likeness (QED) is 0.649. The van der Waals surface area contributed by atoms with Crippen molar-refractivity contribution < 1.29 is 9.18 Å². The summed E-state index contributed by atoms with van der Waals surface area (Å²) < 4.78 is 13.4. The van der Waals surface area contributed by atoms with E-state index in [0.29, 0.717) is 12.0 Å². The van der Waals surface area contributed by atoms with Gasteiger partial charge in [-0.25, -0.2) is 4.39 Å². The van der Waals surface area contributed by atoms with E-state index in [0.717, 1.165) is 5.56 Å². The van der Waals surface area contributed by atoms with Crippen molar-refractivity contribution in [3.63, 3.8) is 0 Å². The minimum Gasteiger partial charge on any atom is -0.321 e. The molecule has 0 saturated carbocycles. The fourth-order valence-corrected chi connectivity index (χ4v) is 1.65. The second kappa shape index (κ2) is 2.92. The number of fused-ring (bicyclic) bond motifs is 1. The lowest BCUT2D eigenvalue weighted by molar-refractivity contribution is -0.125. The standard InChI is InChI=1S/C10H10FNO/c11-9-7-4-2-1-3-6(7)5-8(12)10(9)13/h1-4,8-9H,5,12H2/t8-,9+/m1/s1. The molecule has 0 unspecified atom stereocenters. The molecular weight excluding hydrogens is 169 g/mol. The van der Waals surface area contributed by atoms with Gasteiger partial charge >= 0.3 is 0 Å². The molecule has 0 bridgehead atoms. The molecular formula is C10H10FNO. The molecule has 68 valence electrons. The molecule has 13 heavy (non-hydrogen) atoms. The zero-order valence-corrected chi connectivity index (χ0v) is 7.03. The minimum absolute atomic E-state index is 0.454. The highest BCUT2D eigenvalue weighted by Gasteiger charge is 2.32. The number of carbonyl (C=O) groups is 1. The van der Waals surface area contributed by atoms with Crippen molar-refractivity contribution in [1.29, 1.82) is 0 Å². The summed E-state index contributed by atoms with van der Waals surface area (Å²) in [4.78, 5) is 11.2. The van der Waals surface area contributed by atoms with Gasteiger partial charge < -0.3 is 5.73 Å². The Morgan fingerprint density at radius 1 is 1.38 bits per heavy atom. The van der Waals surface area contributed by atoms with Crippen molar-refractivity contribution in [3.05, 3.63) is 35.4 Å². The molecule has 0 aliphatic heterocycles. The first kappa shape index (κ1) is 8.38. The Bertz CT molecular complexity index is 351. The Labute approximate surface area is 75.6 Å². The number of nitrogens with two attached hydrogens (primary N) is 1. The molecule has 0 radical (unpaired) electrons. The average Bonchev–Trinajstić information content (AvgIpc) is 2.15. The van der Waals surface area contributed by atoms with E-state index in [2.05, 4.69) is 0 Å². The summed E-state index contributed by atoms with van der Waals surface area (Å²) in [6, 6.07) is 6.34. The third kappa shape index (κ3) is 1.25. The van der Waals surface area contributed by atoms with Crippen LogP contribution in [0.3, 0.4) is 0 Å². The van der Waals surface area contributed by atoms with Crippen LogP contribution in [0.2, 0.25) is 0 Å². The molecule has 0 aromatic heterocycles. The van der Waals surface area contributed by atoms with Gasteiger partial charge in [-0.15, -0.1) is 0 Å². The summed E-state index contributed by atoms with van der Waals surface area (Å²) in [5.74, 6) is -0.501. The number of hydrogen-bond donors (Lipinski definition) is 1. The molecule has 0 amide bonds. The molecule has 1 aromatic carbocycles. The molecule has 2 nitrogen and oxygen atoms in total. The van der Waals surface area contributed by atoms with Crippen LogP contribution in [0.4, 0.5) is 4.39 Å². The van der Waals surface area contributed by atoms with Crippen molar-refractivity contribution in [2.24, 2.45) is 5.73 Å². The predicted octanol–water partition coefficient (Wildman–Crippen LogP) is 1.15. The van der Waals surface area contributed by atoms with Gasteiger partial charge in [0.2, 0.25) is 0 Å². The molecule has 2 atom stereocenters. The van der Waals surface area contributed by atoms with Gasteiger partial charge in [0.15, 0.2) is 12.0 Å². The van der Waals surface area contributed by atoms with Crippen molar-refractivity contribution in [2.75, 3.05) is 0 Å². The van der Waals surface area contributed by atoms with Crippen molar-refractivity contribution in [2.45, 2.75) is 18.6 Å². The molecule has 3 heteroatoms. The lowest BCUT2D eigenvalue weighted by Crippen LogP contribution is -2.39. The Morgan fingerprint density at radius 3 is 2.85 bits per heavy atom. The number of benzene rings is 1. The number of halogens is 1.